The van der Waals surface area contributed by atoms with Gasteiger partial charge in [0.2, 0.25) is 0 Å². The molecule has 5 nitrogen and oxygen atoms in total. The van der Waals surface area contributed by atoms with Crippen LogP contribution in [0.3, 0.4) is 0 Å². The average Bonchev–Trinajstić information content (AvgIpc) is 2.65. The van der Waals surface area contributed by atoms with Crippen LogP contribution in [0.1, 0.15) is 50.5 Å². The van der Waals surface area contributed by atoms with Gasteiger partial charge in [0.1, 0.15) is 11.6 Å². The fraction of sp³-hybridized carbons (Fsp3) is 0.600. The van der Waals surface area contributed by atoms with Gasteiger partial charge in [-0.2, -0.15) is 8.42 Å². The number of carbonyl (C=O) groups excluding carboxylic acids is 2. The minimum atomic E-state index is -3.96. The van der Waals surface area contributed by atoms with E-state index in [9.17, 15) is 18.0 Å². The Kier molecular flexibility index (Phi) is 6.43. The van der Waals surface area contributed by atoms with Crippen molar-refractivity contribution in [1.82, 2.24) is 0 Å². The molecule has 1 saturated carbocycles. The number of hydrogen-bond donors (Lipinski definition) is 0. The molecule has 1 aliphatic heterocycles. The van der Waals surface area contributed by atoms with E-state index in [4.69, 9.17) is 3.63 Å². The number of carbonyl (C=O) groups is 2. The molecule has 150 valence electrons. The molecule has 1 aromatic carbocycles. The van der Waals surface area contributed by atoms with E-state index in [2.05, 4.69) is 0 Å². The molecule has 2 aliphatic rings. The van der Waals surface area contributed by atoms with Crippen molar-refractivity contribution in [1.29, 1.82) is 0 Å². The summed E-state index contributed by atoms with van der Waals surface area (Å²) in [4.78, 5) is 24.7. The lowest BCUT2D eigenvalue weighted by Gasteiger charge is -2.41. The van der Waals surface area contributed by atoms with E-state index in [0.717, 1.165) is 37.7 Å². The van der Waals surface area contributed by atoms with Crippen LogP contribution in [0.4, 0.5) is 0 Å². The number of ketones is 2. The lowest BCUT2D eigenvalue weighted by atomic mass is 9.87. The zero-order chi connectivity index (χ0) is 19.5. The van der Waals surface area contributed by atoms with Crippen LogP contribution in [-0.2, 0) is 23.3 Å². The van der Waals surface area contributed by atoms with E-state index in [1.54, 1.807) is 12.1 Å². The molecular weight excluding hydrogens is 384 g/mol. The maximum absolute atomic E-state index is 12.9. The molecule has 0 radical (unpaired) electrons. The number of Topliss-reactive ketones (excluding diaryl/α,β-unsaturated/α-hetero) is 2. The molecule has 1 aliphatic carbocycles. The highest BCUT2D eigenvalue weighted by atomic mass is 32.3. The molecule has 0 spiro atoms. The molecule has 1 heterocycles. The molecule has 1 saturated heterocycles. The van der Waals surface area contributed by atoms with Gasteiger partial charge in [-0.1, -0.05) is 37.0 Å². The van der Waals surface area contributed by atoms with Crippen LogP contribution in [0.15, 0.2) is 29.2 Å². The average molecular weight is 413 g/mol. The maximum atomic E-state index is 12.9. The van der Waals surface area contributed by atoms with Gasteiger partial charge in [-0.15, -0.1) is 10.3 Å². The molecule has 3 rings (SSSR count). The van der Waals surface area contributed by atoms with Crippen molar-refractivity contribution in [3.05, 3.63) is 29.8 Å². The molecule has 27 heavy (non-hydrogen) atoms. The smallest absolute Gasteiger partial charge is 0.300 e. The van der Waals surface area contributed by atoms with E-state index in [0.29, 0.717) is 24.3 Å². The molecule has 7 heteroatoms. The minimum absolute atomic E-state index is 0.0198. The van der Waals surface area contributed by atoms with Gasteiger partial charge in [-0.3, -0.25) is 9.59 Å². The standard InChI is InChI=1S/C20H28O5S2/c1-16-7-9-19(10-8-16)27(23,24)25-26(13-11-18(21)12-14-26)15-20(22)17-5-3-2-4-6-17/h7-10,17H,2-6,11-15H2,1H3. The van der Waals surface area contributed by atoms with Crippen LogP contribution in [0.5, 0.6) is 0 Å². The zero-order valence-electron chi connectivity index (χ0n) is 15.8. The van der Waals surface area contributed by atoms with Gasteiger partial charge in [-0.25, -0.2) is 3.63 Å². The quantitative estimate of drug-likeness (QED) is 0.707. The number of benzene rings is 1. The SMILES string of the molecule is Cc1ccc(S(=O)(=O)OS2(CC(=O)C3CCCCC3)CCC(=O)CC2)cc1. The largest absolute Gasteiger partial charge is 0.306 e. The van der Waals surface area contributed by atoms with Gasteiger partial charge >= 0.3 is 10.1 Å². The van der Waals surface area contributed by atoms with Gasteiger partial charge in [0.05, 0.1) is 10.6 Å². The van der Waals surface area contributed by atoms with Crippen molar-refractivity contribution < 1.29 is 21.6 Å². The Labute approximate surface area is 163 Å². The van der Waals surface area contributed by atoms with Crippen molar-refractivity contribution in [2.45, 2.75) is 56.8 Å². The third-order valence-corrected chi connectivity index (χ3v) is 10.9. The Morgan fingerprint density at radius 1 is 1.07 bits per heavy atom. The second kappa shape index (κ2) is 8.45. The normalized spacial score (nSPS) is 22.3. The molecular formula is C20H28O5S2. The summed E-state index contributed by atoms with van der Waals surface area (Å²) >= 11 is 0. The van der Waals surface area contributed by atoms with Crippen molar-refractivity contribution in [3.8, 4) is 0 Å². The first-order chi connectivity index (χ1) is 12.8. The Morgan fingerprint density at radius 2 is 1.67 bits per heavy atom. The van der Waals surface area contributed by atoms with Crippen molar-refractivity contribution in [2.24, 2.45) is 5.92 Å². The first kappa shape index (κ1) is 20.6. The second-order valence-electron chi connectivity index (χ2n) is 7.69. The Hall–Kier alpha value is -1.18. The number of rotatable bonds is 6. The minimum Gasteiger partial charge on any atom is -0.300 e. The van der Waals surface area contributed by atoms with Gasteiger partial charge in [-0.05, 0) is 31.9 Å². The van der Waals surface area contributed by atoms with Crippen molar-refractivity contribution in [2.75, 3.05) is 17.3 Å². The van der Waals surface area contributed by atoms with E-state index >= 15 is 0 Å². The Bertz CT molecular complexity index is 782. The maximum Gasteiger partial charge on any atom is 0.306 e. The second-order valence-corrected chi connectivity index (χ2v) is 12.7. The van der Waals surface area contributed by atoms with Crippen molar-refractivity contribution >= 4 is 32.0 Å². The Morgan fingerprint density at radius 3 is 2.26 bits per heavy atom. The highest BCUT2D eigenvalue weighted by molar-refractivity contribution is 8.33. The summed E-state index contributed by atoms with van der Waals surface area (Å²) in [6.45, 7) is 1.89. The Balaban J connectivity index is 1.80. The summed E-state index contributed by atoms with van der Waals surface area (Å²) < 4.78 is 31.5. The lowest BCUT2D eigenvalue weighted by molar-refractivity contribution is -0.121. The first-order valence-corrected chi connectivity index (χ1v) is 13.1. The summed E-state index contributed by atoms with van der Waals surface area (Å²) in [5, 5.41) is 0. The van der Waals surface area contributed by atoms with E-state index in [-0.39, 0.29) is 28.1 Å². The number of hydrogen-bond acceptors (Lipinski definition) is 5. The number of aryl methyl sites for hydroxylation is 1. The molecule has 2 fully saturated rings. The van der Waals surface area contributed by atoms with Gasteiger partial charge in [0, 0.05) is 30.3 Å². The van der Waals surface area contributed by atoms with Gasteiger partial charge < -0.3 is 0 Å². The topological polar surface area (TPSA) is 77.5 Å². The summed E-state index contributed by atoms with van der Waals surface area (Å²) in [7, 11) is -6.11. The molecule has 0 atom stereocenters. The molecule has 1 aromatic rings. The lowest BCUT2D eigenvalue weighted by Crippen LogP contribution is -2.33. The third kappa shape index (κ3) is 5.21. The van der Waals surface area contributed by atoms with Crippen LogP contribution < -0.4 is 0 Å². The van der Waals surface area contributed by atoms with E-state index in [1.807, 2.05) is 6.92 Å². The van der Waals surface area contributed by atoms with E-state index in [1.165, 1.54) is 12.1 Å². The highest BCUT2D eigenvalue weighted by Crippen LogP contribution is 2.55. The molecule has 0 unspecified atom stereocenters. The molecule has 0 amide bonds. The summed E-state index contributed by atoms with van der Waals surface area (Å²) in [5.74, 6) is 1.17. The predicted octanol–water partition coefficient (Wildman–Crippen LogP) is 3.93. The van der Waals surface area contributed by atoms with Gasteiger partial charge in [0.15, 0.2) is 0 Å². The fourth-order valence-corrected chi connectivity index (χ4v) is 9.29. The van der Waals surface area contributed by atoms with Crippen LogP contribution in [-0.4, -0.2) is 37.2 Å². The van der Waals surface area contributed by atoms with E-state index < -0.39 is 20.4 Å². The third-order valence-electron chi connectivity index (χ3n) is 5.52. The molecule has 0 N–H and O–H groups in total. The van der Waals surface area contributed by atoms with Crippen LogP contribution in [0.2, 0.25) is 0 Å². The molecule has 0 aromatic heterocycles. The van der Waals surface area contributed by atoms with Crippen molar-refractivity contribution in [3.63, 3.8) is 0 Å². The van der Waals surface area contributed by atoms with Gasteiger partial charge in [0.25, 0.3) is 0 Å². The summed E-state index contributed by atoms with van der Waals surface area (Å²) in [6, 6.07) is 6.54. The van der Waals surface area contributed by atoms with Crippen LogP contribution in [0, 0.1) is 12.8 Å². The molecule has 0 bridgehead atoms. The summed E-state index contributed by atoms with van der Waals surface area (Å²) in [6.07, 6.45) is 5.65. The highest BCUT2D eigenvalue weighted by Gasteiger charge is 2.39. The first-order valence-electron chi connectivity index (χ1n) is 9.63. The monoisotopic (exact) mass is 412 g/mol. The van der Waals surface area contributed by atoms with Crippen LogP contribution >= 0.6 is 10.3 Å². The zero-order valence-corrected chi connectivity index (χ0v) is 17.4. The summed E-state index contributed by atoms with van der Waals surface area (Å²) in [5.41, 5.74) is 0.965. The van der Waals surface area contributed by atoms with Crippen LogP contribution in [0.25, 0.3) is 0 Å². The fourth-order valence-electron chi connectivity index (χ4n) is 3.80. The predicted molar refractivity (Wildman–Crippen MR) is 107 cm³/mol.